The Bertz CT molecular complexity index is 417. The van der Waals surface area contributed by atoms with Crippen molar-refractivity contribution in [3.63, 3.8) is 0 Å². The summed E-state index contributed by atoms with van der Waals surface area (Å²) in [6.07, 6.45) is 0. The van der Waals surface area contributed by atoms with Crippen LogP contribution in [0.15, 0.2) is 0 Å². The zero-order valence-electron chi connectivity index (χ0n) is 10.9. The largest absolute Gasteiger partial charge is 0.504 e. The molecule has 16 heavy (non-hydrogen) atoms. The van der Waals surface area contributed by atoms with E-state index >= 15 is 0 Å². The summed E-state index contributed by atoms with van der Waals surface area (Å²) in [6.45, 7) is 9.90. The highest BCUT2D eigenvalue weighted by Gasteiger charge is 2.26. The van der Waals surface area contributed by atoms with E-state index < -0.39 is 0 Å². The van der Waals surface area contributed by atoms with Crippen molar-refractivity contribution >= 4 is 5.69 Å². The highest BCUT2D eigenvalue weighted by Crippen LogP contribution is 2.44. The van der Waals surface area contributed by atoms with Crippen molar-refractivity contribution < 1.29 is 10.2 Å². The monoisotopic (exact) mass is 223 g/mol. The Hall–Kier alpha value is -1.38. The Morgan fingerprint density at radius 2 is 1.38 bits per heavy atom. The summed E-state index contributed by atoms with van der Waals surface area (Å²) in [5, 5.41) is 22.8. The lowest BCUT2D eigenvalue weighted by Gasteiger charge is -2.27. The quantitative estimate of drug-likeness (QED) is 0.506. The zero-order chi connectivity index (χ0) is 12.7. The Morgan fingerprint density at radius 3 is 1.75 bits per heavy atom. The first kappa shape index (κ1) is 12.7. The fraction of sp³-hybridized carbons (Fsp3) is 0.538. The number of phenols is 2. The van der Waals surface area contributed by atoms with Crippen LogP contribution >= 0.6 is 0 Å². The van der Waals surface area contributed by atoms with E-state index in [1.165, 1.54) is 0 Å². The second-order valence-electron chi connectivity index (χ2n) is 5.20. The third-order valence-corrected chi connectivity index (χ3v) is 2.93. The standard InChI is InChI=1S/C13H21NO2/c1-7-9(13(3,4)5)10(14-6)8(2)12(16)11(7)15/h14-16H,1-6H3. The molecule has 0 fully saturated rings. The summed E-state index contributed by atoms with van der Waals surface area (Å²) < 4.78 is 0. The van der Waals surface area contributed by atoms with Crippen LogP contribution in [0.4, 0.5) is 5.69 Å². The molecule has 3 N–H and O–H groups in total. The zero-order valence-corrected chi connectivity index (χ0v) is 10.9. The molecule has 0 amide bonds. The molecule has 0 aliphatic carbocycles. The fourth-order valence-electron chi connectivity index (χ4n) is 2.22. The van der Waals surface area contributed by atoms with E-state index in [2.05, 4.69) is 26.1 Å². The number of hydrogen-bond acceptors (Lipinski definition) is 3. The summed E-state index contributed by atoms with van der Waals surface area (Å²) in [4.78, 5) is 0. The number of aromatic hydroxyl groups is 2. The number of rotatable bonds is 1. The molecule has 3 nitrogen and oxygen atoms in total. The van der Waals surface area contributed by atoms with Gasteiger partial charge in [-0.15, -0.1) is 0 Å². The smallest absolute Gasteiger partial charge is 0.162 e. The molecule has 0 radical (unpaired) electrons. The van der Waals surface area contributed by atoms with Crippen LogP contribution in [0.3, 0.4) is 0 Å². The molecule has 0 atom stereocenters. The molecule has 90 valence electrons. The minimum absolute atomic E-state index is 0.0126. The number of nitrogens with one attached hydrogen (secondary N) is 1. The predicted octanol–water partition coefficient (Wildman–Crippen LogP) is 3.05. The minimum Gasteiger partial charge on any atom is -0.504 e. The molecule has 1 aromatic carbocycles. The molecule has 0 saturated heterocycles. The van der Waals surface area contributed by atoms with Gasteiger partial charge in [-0.2, -0.15) is 0 Å². The van der Waals surface area contributed by atoms with Gasteiger partial charge in [0, 0.05) is 23.9 Å². The lowest BCUT2D eigenvalue weighted by atomic mass is 9.81. The van der Waals surface area contributed by atoms with Gasteiger partial charge in [-0.3, -0.25) is 0 Å². The van der Waals surface area contributed by atoms with Crippen LogP contribution in [0, 0.1) is 13.8 Å². The summed E-state index contributed by atoms with van der Waals surface area (Å²) in [6, 6.07) is 0. The predicted molar refractivity (Wildman–Crippen MR) is 67.5 cm³/mol. The van der Waals surface area contributed by atoms with Crippen molar-refractivity contribution in [3.8, 4) is 11.5 Å². The molecule has 0 unspecified atom stereocenters. The molecular weight excluding hydrogens is 202 g/mol. The van der Waals surface area contributed by atoms with Crippen LogP contribution in [0.25, 0.3) is 0 Å². The summed E-state index contributed by atoms with van der Waals surface area (Å²) >= 11 is 0. The first-order valence-corrected chi connectivity index (χ1v) is 5.45. The van der Waals surface area contributed by atoms with Crippen molar-refractivity contribution in [2.24, 2.45) is 0 Å². The lowest BCUT2D eigenvalue weighted by molar-refractivity contribution is 0.396. The van der Waals surface area contributed by atoms with Crippen molar-refractivity contribution in [3.05, 3.63) is 16.7 Å². The molecule has 0 aliphatic heterocycles. The molecule has 0 saturated carbocycles. The number of benzene rings is 1. The average Bonchev–Trinajstić information content (AvgIpc) is 2.18. The molecule has 0 aliphatic rings. The van der Waals surface area contributed by atoms with Crippen molar-refractivity contribution in [2.75, 3.05) is 12.4 Å². The molecule has 0 spiro atoms. The first-order valence-electron chi connectivity index (χ1n) is 5.45. The molecule has 3 heteroatoms. The Labute approximate surface area is 97.1 Å². The summed E-state index contributed by atoms with van der Waals surface area (Å²) in [7, 11) is 1.83. The van der Waals surface area contributed by atoms with E-state index in [4.69, 9.17) is 0 Å². The van der Waals surface area contributed by atoms with Gasteiger partial charge in [0.05, 0.1) is 0 Å². The molecule has 0 aromatic heterocycles. The van der Waals surface area contributed by atoms with Gasteiger partial charge < -0.3 is 15.5 Å². The van der Waals surface area contributed by atoms with Crippen molar-refractivity contribution in [2.45, 2.75) is 40.0 Å². The van der Waals surface area contributed by atoms with Gasteiger partial charge in [0.25, 0.3) is 0 Å². The highest BCUT2D eigenvalue weighted by molar-refractivity contribution is 5.71. The van der Waals surface area contributed by atoms with Gasteiger partial charge in [0.15, 0.2) is 11.5 Å². The van der Waals surface area contributed by atoms with E-state index in [-0.39, 0.29) is 16.9 Å². The third-order valence-electron chi connectivity index (χ3n) is 2.93. The van der Waals surface area contributed by atoms with Gasteiger partial charge in [-0.05, 0) is 24.8 Å². The van der Waals surface area contributed by atoms with E-state index in [9.17, 15) is 10.2 Å². The van der Waals surface area contributed by atoms with Crippen LogP contribution < -0.4 is 5.32 Å². The van der Waals surface area contributed by atoms with Crippen LogP contribution in [0.1, 0.15) is 37.5 Å². The topological polar surface area (TPSA) is 52.5 Å². The number of hydrogen-bond donors (Lipinski definition) is 3. The van der Waals surface area contributed by atoms with Gasteiger partial charge in [0.2, 0.25) is 0 Å². The maximum Gasteiger partial charge on any atom is 0.162 e. The molecule has 0 bridgehead atoms. The molecular formula is C13H21NO2. The first-order chi connectivity index (χ1) is 7.21. The van der Waals surface area contributed by atoms with Crippen molar-refractivity contribution in [1.82, 2.24) is 0 Å². The van der Waals surface area contributed by atoms with Gasteiger partial charge >= 0.3 is 0 Å². The SMILES string of the molecule is CNc1c(C)c(O)c(O)c(C)c1C(C)(C)C. The maximum atomic E-state index is 9.87. The van der Waals surface area contributed by atoms with E-state index in [1.54, 1.807) is 6.92 Å². The molecule has 0 heterocycles. The van der Waals surface area contributed by atoms with E-state index in [1.807, 2.05) is 14.0 Å². The second-order valence-corrected chi connectivity index (χ2v) is 5.20. The van der Waals surface area contributed by atoms with Crippen LogP contribution in [0.2, 0.25) is 0 Å². The third kappa shape index (κ3) is 1.82. The Morgan fingerprint density at radius 1 is 0.938 bits per heavy atom. The van der Waals surface area contributed by atoms with Crippen LogP contribution in [-0.2, 0) is 5.41 Å². The average molecular weight is 223 g/mol. The Kier molecular flexibility index (Phi) is 3.08. The maximum absolute atomic E-state index is 9.87. The van der Waals surface area contributed by atoms with Gasteiger partial charge in [-0.1, -0.05) is 20.8 Å². The number of phenolic OH excluding ortho intramolecular Hbond substituents is 2. The van der Waals surface area contributed by atoms with Gasteiger partial charge in [-0.25, -0.2) is 0 Å². The normalized spacial score (nSPS) is 11.6. The molecule has 1 aromatic rings. The minimum atomic E-state index is -0.0850. The number of anilines is 1. The second kappa shape index (κ2) is 3.89. The van der Waals surface area contributed by atoms with E-state index in [0.29, 0.717) is 5.56 Å². The van der Waals surface area contributed by atoms with Crippen molar-refractivity contribution in [1.29, 1.82) is 0 Å². The summed E-state index contributed by atoms with van der Waals surface area (Å²) in [5.74, 6) is -0.0451. The van der Waals surface area contributed by atoms with Crippen LogP contribution in [-0.4, -0.2) is 17.3 Å². The molecule has 1 rings (SSSR count). The van der Waals surface area contributed by atoms with E-state index in [0.717, 1.165) is 16.8 Å². The summed E-state index contributed by atoms with van der Waals surface area (Å²) in [5.41, 5.74) is 3.29. The Balaban J connectivity index is 3.72. The lowest BCUT2D eigenvalue weighted by Crippen LogP contribution is -2.17. The van der Waals surface area contributed by atoms with Crippen LogP contribution in [0.5, 0.6) is 11.5 Å². The fourth-order valence-corrected chi connectivity index (χ4v) is 2.22. The van der Waals surface area contributed by atoms with Gasteiger partial charge in [0.1, 0.15) is 0 Å². The highest BCUT2D eigenvalue weighted by atomic mass is 16.3.